The van der Waals surface area contributed by atoms with Crippen LogP contribution in [0.5, 0.6) is 0 Å². The maximum Gasteiger partial charge on any atom is 0.335 e. The van der Waals surface area contributed by atoms with Crippen molar-refractivity contribution in [2.45, 2.75) is 36.2 Å². The number of aromatic nitrogens is 3. The molecule has 2 aliphatic rings. The second-order valence-electron chi connectivity index (χ2n) is 7.97. The van der Waals surface area contributed by atoms with Gasteiger partial charge < -0.3 is 10.4 Å². The number of fused-ring (bicyclic) bond motifs is 1. The Morgan fingerprint density at radius 3 is 2.71 bits per heavy atom. The number of benzene rings is 2. The van der Waals surface area contributed by atoms with Gasteiger partial charge in [0.2, 0.25) is 11.1 Å². The molecule has 0 unspecified atom stereocenters. The van der Waals surface area contributed by atoms with Crippen LogP contribution in [0.15, 0.2) is 65.0 Å². The highest BCUT2D eigenvalue weighted by Gasteiger charge is 2.39. The van der Waals surface area contributed by atoms with Crippen molar-refractivity contribution < 1.29 is 19.6 Å². The third-order valence-electron chi connectivity index (χ3n) is 5.85. The fourth-order valence-corrected chi connectivity index (χ4v) is 5.05. The number of aromatic carboxylic acids is 1. The molecule has 0 saturated carbocycles. The lowest BCUT2D eigenvalue weighted by Crippen LogP contribution is -2.31. The highest BCUT2D eigenvalue weighted by Crippen LogP contribution is 2.43. The fourth-order valence-electron chi connectivity index (χ4n) is 4.26. The maximum atomic E-state index is 12.9. The summed E-state index contributed by atoms with van der Waals surface area (Å²) in [6.07, 6.45) is 1.75. The first-order valence-electron chi connectivity index (χ1n) is 10.6. The van der Waals surface area contributed by atoms with E-state index in [1.54, 1.807) is 47.1 Å². The molecule has 172 valence electrons. The minimum absolute atomic E-state index is 0.0502. The van der Waals surface area contributed by atoms with Gasteiger partial charge in [-0.25, -0.2) is 9.48 Å². The summed E-state index contributed by atoms with van der Waals surface area (Å²) in [6.45, 7) is 0. The number of hydrogen-bond donors (Lipinski definition) is 2. The Hall–Kier alpha value is -3.99. The largest absolute Gasteiger partial charge is 0.478 e. The second kappa shape index (κ2) is 8.75. The van der Waals surface area contributed by atoms with Gasteiger partial charge in [-0.15, -0.1) is 5.10 Å². The molecule has 11 heteroatoms. The van der Waals surface area contributed by atoms with Gasteiger partial charge in [-0.2, -0.15) is 4.98 Å². The van der Waals surface area contributed by atoms with E-state index in [1.807, 2.05) is 0 Å². The molecule has 2 N–H and O–H groups in total. The summed E-state index contributed by atoms with van der Waals surface area (Å²) in [5.41, 5.74) is 2.66. The van der Waals surface area contributed by atoms with Gasteiger partial charge >= 0.3 is 5.97 Å². The number of nitrogens with one attached hydrogen (secondary N) is 1. The van der Waals surface area contributed by atoms with E-state index in [2.05, 4.69) is 15.4 Å². The normalized spacial score (nSPS) is 17.1. The number of ketones is 1. The van der Waals surface area contributed by atoms with Crippen molar-refractivity contribution in [2.24, 2.45) is 0 Å². The second-order valence-corrected chi connectivity index (χ2v) is 8.91. The lowest BCUT2D eigenvalue weighted by molar-refractivity contribution is -0.385. The maximum absolute atomic E-state index is 12.9. The number of nitrogens with zero attached hydrogens (tertiary/aromatic N) is 4. The SMILES string of the molecule is O=C1CCCC2=C1[C@@H](c1ccccc1[N+](=O)[O-])n1nc(SCc3ccc(C(=O)O)cc3)nc1N2. The van der Waals surface area contributed by atoms with E-state index in [0.717, 1.165) is 11.3 Å². The van der Waals surface area contributed by atoms with E-state index in [9.17, 15) is 19.7 Å². The topological polar surface area (TPSA) is 140 Å². The highest BCUT2D eigenvalue weighted by atomic mass is 32.2. The number of para-hydroxylation sites is 1. The average molecular weight is 478 g/mol. The van der Waals surface area contributed by atoms with Crippen LogP contribution < -0.4 is 5.32 Å². The highest BCUT2D eigenvalue weighted by molar-refractivity contribution is 7.98. The van der Waals surface area contributed by atoms with Crippen molar-refractivity contribution in [3.63, 3.8) is 0 Å². The van der Waals surface area contributed by atoms with Gasteiger partial charge in [0.05, 0.1) is 16.1 Å². The average Bonchev–Trinajstić information content (AvgIpc) is 3.24. The molecule has 10 nitrogen and oxygen atoms in total. The molecular weight excluding hydrogens is 458 g/mol. The Bertz CT molecular complexity index is 1350. The van der Waals surface area contributed by atoms with Crippen molar-refractivity contribution in [3.05, 3.63) is 86.6 Å². The van der Waals surface area contributed by atoms with Crippen LogP contribution >= 0.6 is 11.8 Å². The minimum Gasteiger partial charge on any atom is -0.478 e. The Morgan fingerprint density at radius 1 is 1.21 bits per heavy atom. The first-order valence-corrected chi connectivity index (χ1v) is 11.6. The number of nitro groups is 1. The van der Waals surface area contributed by atoms with Gasteiger partial charge in [0.25, 0.3) is 5.69 Å². The molecule has 1 aliphatic heterocycles. The molecule has 5 rings (SSSR count). The number of rotatable bonds is 6. The Balaban J connectivity index is 1.50. The molecule has 0 bridgehead atoms. The van der Waals surface area contributed by atoms with Gasteiger partial charge in [0, 0.05) is 29.5 Å². The Kier molecular flexibility index (Phi) is 5.62. The van der Waals surface area contributed by atoms with E-state index in [1.165, 1.54) is 17.8 Å². The van der Waals surface area contributed by atoms with Crippen LogP contribution in [0, 0.1) is 10.1 Å². The van der Waals surface area contributed by atoms with Crippen LogP contribution in [0.25, 0.3) is 0 Å². The molecule has 2 heterocycles. The summed E-state index contributed by atoms with van der Waals surface area (Å²) in [7, 11) is 0. The molecule has 0 amide bonds. The number of carbonyl (C=O) groups is 2. The molecule has 1 aromatic heterocycles. The van der Waals surface area contributed by atoms with E-state index in [0.29, 0.717) is 47.3 Å². The van der Waals surface area contributed by atoms with Gasteiger partial charge in [-0.3, -0.25) is 14.9 Å². The Morgan fingerprint density at radius 2 is 1.97 bits per heavy atom. The van der Waals surface area contributed by atoms with Gasteiger partial charge in [-0.05, 0) is 36.6 Å². The van der Waals surface area contributed by atoms with E-state index in [4.69, 9.17) is 5.11 Å². The number of carboxylic acids is 1. The van der Waals surface area contributed by atoms with Gasteiger partial charge in [0.1, 0.15) is 6.04 Å². The zero-order chi connectivity index (χ0) is 23.8. The number of Topliss-reactive ketones (excluding diaryl/α,β-unsaturated/α-hetero) is 1. The number of carbonyl (C=O) groups excluding carboxylic acids is 1. The first kappa shape index (κ1) is 21.8. The lowest BCUT2D eigenvalue weighted by Gasteiger charge is -2.31. The van der Waals surface area contributed by atoms with Crippen LogP contribution in [0.1, 0.15) is 46.8 Å². The number of carboxylic acid groups (broad SMARTS) is 1. The molecule has 2 aromatic carbocycles. The monoisotopic (exact) mass is 477 g/mol. The quantitative estimate of drug-likeness (QED) is 0.303. The van der Waals surface area contributed by atoms with Crippen LogP contribution in [0.4, 0.5) is 11.6 Å². The van der Waals surface area contributed by atoms with Gasteiger partial charge in [-0.1, -0.05) is 36.0 Å². The van der Waals surface area contributed by atoms with Crippen molar-refractivity contribution in [3.8, 4) is 0 Å². The van der Waals surface area contributed by atoms with Crippen molar-refractivity contribution >= 4 is 35.2 Å². The fraction of sp³-hybridized carbons (Fsp3) is 0.217. The summed E-state index contributed by atoms with van der Waals surface area (Å²) < 4.78 is 1.56. The summed E-state index contributed by atoms with van der Waals surface area (Å²) in [5.74, 6) is -0.0992. The molecule has 34 heavy (non-hydrogen) atoms. The van der Waals surface area contributed by atoms with E-state index >= 15 is 0 Å². The number of hydrogen-bond acceptors (Lipinski definition) is 8. The molecule has 0 radical (unpaired) electrons. The molecule has 0 saturated heterocycles. The third kappa shape index (κ3) is 3.94. The van der Waals surface area contributed by atoms with E-state index in [-0.39, 0.29) is 17.0 Å². The number of allylic oxidation sites excluding steroid dienone is 2. The number of anilines is 1. The molecular formula is C23H19N5O5S. The summed E-state index contributed by atoms with van der Waals surface area (Å²) >= 11 is 1.36. The number of nitro benzene ring substituents is 1. The summed E-state index contributed by atoms with van der Waals surface area (Å²) in [5, 5.41) is 29.1. The predicted molar refractivity (Wildman–Crippen MR) is 124 cm³/mol. The Labute approximate surface area is 197 Å². The molecule has 0 fully saturated rings. The summed E-state index contributed by atoms with van der Waals surface area (Å²) in [6, 6.07) is 12.2. The zero-order valence-electron chi connectivity index (χ0n) is 17.8. The molecule has 1 atom stereocenters. The van der Waals surface area contributed by atoms with Gasteiger partial charge in [0.15, 0.2) is 5.78 Å². The number of thioether (sulfide) groups is 1. The van der Waals surface area contributed by atoms with Crippen LogP contribution in [-0.4, -0.2) is 36.5 Å². The smallest absolute Gasteiger partial charge is 0.335 e. The first-order chi connectivity index (χ1) is 16.4. The van der Waals surface area contributed by atoms with Crippen molar-refractivity contribution in [1.29, 1.82) is 0 Å². The third-order valence-corrected chi connectivity index (χ3v) is 6.75. The lowest BCUT2D eigenvalue weighted by atomic mass is 9.85. The predicted octanol–water partition coefficient (Wildman–Crippen LogP) is 4.20. The molecule has 0 spiro atoms. The standard InChI is InChI=1S/C23H19N5O5S/c29-18-7-3-5-16-19(18)20(15-4-1-2-6-17(15)28(32)33)27-22(24-16)25-23(26-27)34-12-13-8-10-14(11-9-13)21(30)31/h1-2,4,6,8-11,20H,3,5,7,12H2,(H,30,31)(H,24,25,26)/t20-/m1/s1. The van der Waals surface area contributed by atoms with Crippen molar-refractivity contribution in [1.82, 2.24) is 14.8 Å². The minimum atomic E-state index is -0.985. The van der Waals surface area contributed by atoms with Crippen LogP contribution in [-0.2, 0) is 10.5 Å². The van der Waals surface area contributed by atoms with Crippen LogP contribution in [0.2, 0.25) is 0 Å². The molecule has 3 aromatic rings. The molecule has 1 aliphatic carbocycles. The van der Waals surface area contributed by atoms with E-state index < -0.39 is 16.9 Å². The van der Waals surface area contributed by atoms with Crippen molar-refractivity contribution in [2.75, 3.05) is 5.32 Å². The summed E-state index contributed by atoms with van der Waals surface area (Å²) in [4.78, 5) is 39.8. The van der Waals surface area contributed by atoms with Crippen LogP contribution in [0.3, 0.4) is 0 Å². The zero-order valence-corrected chi connectivity index (χ0v) is 18.6.